The molecule has 156 valence electrons. The van der Waals surface area contributed by atoms with E-state index in [4.69, 9.17) is 4.52 Å². The van der Waals surface area contributed by atoms with Crippen LogP contribution >= 0.6 is 0 Å². The Kier molecular flexibility index (Phi) is 4.79. The van der Waals surface area contributed by atoms with Crippen LogP contribution in [-0.4, -0.2) is 27.7 Å². The fourth-order valence-electron chi connectivity index (χ4n) is 3.49. The number of rotatable bonds is 5. The molecular formula is C24H16N4O4. The number of carbonyl (C=O) groups is 3. The van der Waals surface area contributed by atoms with Gasteiger partial charge in [-0.1, -0.05) is 53.7 Å². The maximum absolute atomic E-state index is 12.6. The van der Waals surface area contributed by atoms with Gasteiger partial charge in [-0.3, -0.25) is 19.3 Å². The predicted octanol–water partition coefficient (Wildman–Crippen LogP) is 3.72. The molecule has 0 radical (unpaired) electrons. The summed E-state index contributed by atoms with van der Waals surface area (Å²) in [5.41, 5.74) is 2.33. The van der Waals surface area contributed by atoms with E-state index in [0.29, 0.717) is 22.8 Å². The maximum atomic E-state index is 12.6. The Hall–Kier alpha value is -4.59. The molecule has 8 nitrogen and oxygen atoms in total. The van der Waals surface area contributed by atoms with Gasteiger partial charge in [-0.15, -0.1) is 0 Å². The number of Topliss-reactive ketones (excluding diaryl/α,β-unsaturated/α-hetero) is 1. The largest absolute Gasteiger partial charge is 0.337 e. The fraction of sp³-hybridized carbons (Fsp3) is 0.0417. The van der Waals surface area contributed by atoms with Gasteiger partial charge >= 0.3 is 0 Å². The van der Waals surface area contributed by atoms with Crippen molar-refractivity contribution in [1.29, 1.82) is 0 Å². The number of anilines is 2. The van der Waals surface area contributed by atoms with Crippen molar-refractivity contribution in [1.82, 2.24) is 10.1 Å². The Morgan fingerprint density at radius 1 is 0.938 bits per heavy atom. The Bertz CT molecular complexity index is 1330. The van der Waals surface area contributed by atoms with Crippen molar-refractivity contribution in [3.8, 4) is 11.4 Å². The van der Waals surface area contributed by atoms with Crippen molar-refractivity contribution in [2.45, 2.75) is 6.54 Å². The minimum Gasteiger partial charge on any atom is -0.337 e. The van der Waals surface area contributed by atoms with E-state index in [1.165, 1.54) is 11.0 Å². The number of hydrogen-bond acceptors (Lipinski definition) is 6. The summed E-state index contributed by atoms with van der Waals surface area (Å²) in [6.45, 7) is -0.0346. The van der Waals surface area contributed by atoms with Crippen LogP contribution < -0.4 is 10.2 Å². The van der Waals surface area contributed by atoms with Crippen LogP contribution in [0.15, 0.2) is 83.4 Å². The second-order valence-corrected chi connectivity index (χ2v) is 7.15. The van der Waals surface area contributed by atoms with Gasteiger partial charge in [0.1, 0.15) is 6.54 Å². The van der Waals surface area contributed by atoms with E-state index in [0.717, 1.165) is 5.56 Å². The lowest BCUT2D eigenvalue weighted by Gasteiger charge is -2.14. The Labute approximate surface area is 182 Å². The molecule has 4 aromatic rings. The Balaban J connectivity index is 1.37. The lowest BCUT2D eigenvalue weighted by atomic mass is 10.1. The fourth-order valence-corrected chi connectivity index (χ4v) is 3.49. The predicted molar refractivity (Wildman–Crippen MR) is 116 cm³/mol. The van der Waals surface area contributed by atoms with Gasteiger partial charge in [0.05, 0.1) is 11.3 Å². The lowest BCUT2D eigenvalue weighted by Crippen LogP contribution is -2.29. The number of carbonyl (C=O) groups excluding carboxylic acids is 3. The van der Waals surface area contributed by atoms with E-state index in [1.54, 1.807) is 36.4 Å². The van der Waals surface area contributed by atoms with Crippen LogP contribution in [0.2, 0.25) is 0 Å². The van der Waals surface area contributed by atoms with E-state index in [-0.39, 0.29) is 23.9 Å². The highest BCUT2D eigenvalue weighted by molar-refractivity contribution is 6.52. The molecule has 0 spiro atoms. The summed E-state index contributed by atoms with van der Waals surface area (Å²) < 4.78 is 5.28. The third-order valence-corrected chi connectivity index (χ3v) is 5.06. The summed E-state index contributed by atoms with van der Waals surface area (Å²) in [5.74, 6) is -1.04. The third-order valence-electron chi connectivity index (χ3n) is 5.06. The second kappa shape index (κ2) is 7.92. The van der Waals surface area contributed by atoms with E-state index in [1.807, 2.05) is 36.4 Å². The SMILES string of the molecule is O=C(Nc1ccc2c(c1)C(=O)C(=O)N2Cc1nc(-c2ccccc2)no1)c1ccccc1. The molecule has 5 rings (SSSR count). The molecule has 3 aromatic carbocycles. The smallest absolute Gasteiger partial charge is 0.299 e. The quantitative estimate of drug-likeness (QED) is 0.490. The van der Waals surface area contributed by atoms with E-state index in [2.05, 4.69) is 15.5 Å². The second-order valence-electron chi connectivity index (χ2n) is 7.15. The number of nitrogens with one attached hydrogen (secondary N) is 1. The van der Waals surface area contributed by atoms with E-state index in [9.17, 15) is 14.4 Å². The van der Waals surface area contributed by atoms with Crippen molar-refractivity contribution in [2.75, 3.05) is 10.2 Å². The minimum atomic E-state index is -0.689. The van der Waals surface area contributed by atoms with Gasteiger partial charge in [0.15, 0.2) is 0 Å². The molecule has 32 heavy (non-hydrogen) atoms. The molecule has 0 saturated heterocycles. The summed E-state index contributed by atoms with van der Waals surface area (Å²) in [4.78, 5) is 43.2. The molecule has 2 heterocycles. The minimum absolute atomic E-state index is 0.0346. The molecule has 1 N–H and O–H groups in total. The molecule has 1 aliphatic heterocycles. The van der Waals surface area contributed by atoms with Crippen LogP contribution in [-0.2, 0) is 11.3 Å². The third kappa shape index (κ3) is 3.54. The van der Waals surface area contributed by atoms with Crippen molar-refractivity contribution in [3.05, 3.63) is 95.9 Å². The maximum Gasteiger partial charge on any atom is 0.299 e. The van der Waals surface area contributed by atoms with Crippen LogP contribution in [0.4, 0.5) is 11.4 Å². The first-order chi connectivity index (χ1) is 15.6. The average Bonchev–Trinajstić information content (AvgIpc) is 3.39. The molecule has 0 saturated carbocycles. The topological polar surface area (TPSA) is 105 Å². The summed E-state index contributed by atoms with van der Waals surface area (Å²) in [6.07, 6.45) is 0. The molecule has 1 aromatic heterocycles. The molecular weight excluding hydrogens is 408 g/mol. The highest BCUT2D eigenvalue weighted by Crippen LogP contribution is 2.32. The summed E-state index contributed by atoms with van der Waals surface area (Å²) in [7, 11) is 0. The zero-order valence-corrected chi connectivity index (χ0v) is 16.7. The van der Waals surface area contributed by atoms with Gasteiger partial charge in [-0.2, -0.15) is 4.98 Å². The zero-order valence-electron chi connectivity index (χ0n) is 16.7. The first-order valence-electron chi connectivity index (χ1n) is 9.85. The van der Waals surface area contributed by atoms with Crippen molar-refractivity contribution < 1.29 is 18.9 Å². The molecule has 2 amide bonds. The van der Waals surface area contributed by atoms with Crippen LogP contribution in [0.25, 0.3) is 11.4 Å². The van der Waals surface area contributed by atoms with Crippen LogP contribution in [0, 0.1) is 0 Å². The zero-order chi connectivity index (χ0) is 22.1. The number of ketones is 1. The number of nitrogens with zero attached hydrogens (tertiary/aromatic N) is 3. The number of fused-ring (bicyclic) bond motifs is 1. The van der Waals surface area contributed by atoms with E-state index < -0.39 is 11.7 Å². The molecule has 0 unspecified atom stereocenters. The van der Waals surface area contributed by atoms with Crippen LogP contribution in [0.1, 0.15) is 26.6 Å². The van der Waals surface area contributed by atoms with Crippen molar-refractivity contribution in [3.63, 3.8) is 0 Å². The first-order valence-corrected chi connectivity index (χ1v) is 9.85. The molecule has 0 bridgehead atoms. The van der Waals surface area contributed by atoms with Crippen molar-refractivity contribution in [2.24, 2.45) is 0 Å². The number of benzene rings is 3. The molecule has 1 aliphatic rings. The Morgan fingerprint density at radius 3 is 2.41 bits per heavy atom. The summed E-state index contributed by atoms with van der Waals surface area (Å²) >= 11 is 0. The average molecular weight is 424 g/mol. The van der Waals surface area contributed by atoms with Gasteiger partial charge in [0.25, 0.3) is 17.6 Å². The van der Waals surface area contributed by atoms with Gasteiger partial charge in [-0.05, 0) is 30.3 Å². The lowest BCUT2D eigenvalue weighted by molar-refractivity contribution is -0.114. The molecule has 0 fully saturated rings. The Morgan fingerprint density at radius 2 is 1.66 bits per heavy atom. The highest BCUT2D eigenvalue weighted by atomic mass is 16.5. The van der Waals surface area contributed by atoms with Crippen molar-refractivity contribution >= 4 is 29.0 Å². The first kappa shape index (κ1) is 19.4. The van der Waals surface area contributed by atoms with Gasteiger partial charge in [0.2, 0.25) is 11.7 Å². The van der Waals surface area contributed by atoms with E-state index >= 15 is 0 Å². The summed E-state index contributed by atoms with van der Waals surface area (Å²) in [5, 5.41) is 6.70. The van der Waals surface area contributed by atoms with Gasteiger partial charge < -0.3 is 9.84 Å². The molecule has 0 aliphatic carbocycles. The molecule has 0 atom stereocenters. The summed E-state index contributed by atoms with van der Waals surface area (Å²) in [6, 6.07) is 22.8. The van der Waals surface area contributed by atoms with Crippen LogP contribution in [0.5, 0.6) is 0 Å². The normalized spacial score (nSPS) is 12.7. The standard InChI is InChI=1S/C24H16N4O4/c29-21-18-13-17(25-23(30)16-9-5-2-6-10-16)11-12-19(18)28(24(21)31)14-20-26-22(27-32-20)15-7-3-1-4-8-15/h1-13H,14H2,(H,25,30). The van der Waals surface area contributed by atoms with Gasteiger partial charge in [-0.25, -0.2) is 0 Å². The number of hydrogen-bond donors (Lipinski definition) is 1. The van der Waals surface area contributed by atoms with Gasteiger partial charge in [0, 0.05) is 16.8 Å². The molecule has 8 heteroatoms. The van der Waals surface area contributed by atoms with Crippen LogP contribution in [0.3, 0.4) is 0 Å². The number of aromatic nitrogens is 2. The monoisotopic (exact) mass is 424 g/mol. The number of amides is 2. The highest BCUT2D eigenvalue weighted by Gasteiger charge is 2.37.